The lowest BCUT2D eigenvalue weighted by Crippen LogP contribution is -2.42. The zero-order valence-corrected chi connectivity index (χ0v) is 9.19. The third-order valence-corrected chi connectivity index (χ3v) is 3.05. The van der Waals surface area contributed by atoms with Gasteiger partial charge in [-0.1, -0.05) is 12.8 Å². The Morgan fingerprint density at radius 2 is 2.19 bits per heavy atom. The molecule has 1 aromatic rings. The monoisotopic (exact) mass is 216 g/mol. The molecule has 1 aliphatic carbocycles. The number of hydrogen-bond donors (Lipinski definition) is 2. The lowest BCUT2D eigenvalue weighted by atomic mass is 9.91. The van der Waals surface area contributed by atoms with Crippen molar-refractivity contribution in [1.29, 1.82) is 5.26 Å². The summed E-state index contributed by atoms with van der Waals surface area (Å²) in [6.07, 6.45) is 6.20. The highest BCUT2D eigenvalue weighted by molar-refractivity contribution is 5.40. The number of aromatic nitrogens is 1. The number of nitriles is 1. The molecule has 4 heteroatoms. The molecule has 1 saturated carbocycles. The SMILES string of the molecule is N#Cc1ccc(N[C@@H]2CCCC[C@H]2N)nc1. The Morgan fingerprint density at radius 1 is 1.38 bits per heavy atom. The molecule has 16 heavy (non-hydrogen) atoms. The quantitative estimate of drug-likeness (QED) is 0.788. The van der Waals surface area contributed by atoms with Crippen molar-refractivity contribution in [3.05, 3.63) is 23.9 Å². The van der Waals surface area contributed by atoms with E-state index < -0.39 is 0 Å². The predicted octanol–water partition coefficient (Wildman–Crippen LogP) is 1.64. The normalized spacial score (nSPS) is 24.8. The molecule has 3 N–H and O–H groups in total. The average Bonchev–Trinajstić information content (AvgIpc) is 2.33. The van der Waals surface area contributed by atoms with Gasteiger partial charge in [-0.05, 0) is 25.0 Å². The number of nitrogens with two attached hydrogens (primary N) is 1. The van der Waals surface area contributed by atoms with Crippen molar-refractivity contribution in [1.82, 2.24) is 4.98 Å². The van der Waals surface area contributed by atoms with Crippen molar-refractivity contribution in [2.24, 2.45) is 5.73 Å². The number of hydrogen-bond acceptors (Lipinski definition) is 4. The molecule has 84 valence electrons. The molecular weight excluding hydrogens is 200 g/mol. The maximum atomic E-state index is 8.66. The smallest absolute Gasteiger partial charge is 0.126 e. The van der Waals surface area contributed by atoms with E-state index in [1.165, 1.54) is 12.8 Å². The van der Waals surface area contributed by atoms with E-state index in [1.807, 2.05) is 6.07 Å². The molecule has 0 unspecified atom stereocenters. The van der Waals surface area contributed by atoms with Crippen LogP contribution < -0.4 is 11.1 Å². The second kappa shape index (κ2) is 4.95. The molecule has 1 aliphatic rings. The highest BCUT2D eigenvalue weighted by atomic mass is 15.0. The van der Waals surface area contributed by atoms with Gasteiger partial charge in [0.15, 0.2) is 0 Å². The minimum atomic E-state index is 0.214. The van der Waals surface area contributed by atoms with Gasteiger partial charge >= 0.3 is 0 Å². The van der Waals surface area contributed by atoms with E-state index in [0.29, 0.717) is 11.6 Å². The third-order valence-electron chi connectivity index (χ3n) is 3.05. The molecule has 2 rings (SSSR count). The first-order valence-corrected chi connectivity index (χ1v) is 5.68. The summed E-state index contributed by atoms with van der Waals surface area (Å²) >= 11 is 0. The molecule has 2 atom stereocenters. The van der Waals surface area contributed by atoms with E-state index >= 15 is 0 Å². The maximum absolute atomic E-state index is 8.66. The molecule has 0 aromatic carbocycles. The molecule has 4 nitrogen and oxygen atoms in total. The predicted molar refractivity (Wildman–Crippen MR) is 62.8 cm³/mol. The molecule has 0 saturated heterocycles. The van der Waals surface area contributed by atoms with Crippen LogP contribution in [0.15, 0.2) is 18.3 Å². The van der Waals surface area contributed by atoms with Crippen LogP contribution in [-0.4, -0.2) is 17.1 Å². The fourth-order valence-corrected chi connectivity index (χ4v) is 2.07. The Morgan fingerprint density at radius 3 is 2.81 bits per heavy atom. The number of anilines is 1. The fraction of sp³-hybridized carbons (Fsp3) is 0.500. The minimum Gasteiger partial charge on any atom is -0.366 e. The summed E-state index contributed by atoms with van der Waals surface area (Å²) in [4.78, 5) is 4.19. The van der Waals surface area contributed by atoms with Gasteiger partial charge in [0.2, 0.25) is 0 Å². The summed E-state index contributed by atoms with van der Waals surface area (Å²) in [6.45, 7) is 0. The van der Waals surface area contributed by atoms with Gasteiger partial charge in [0.25, 0.3) is 0 Å². The van der Waals surface area contributed by atoms with Crippen molar-refractivity contribution < 1.29 is 0 Å². The van der Waals surface area contributed by atoms with Crippen LogP contribution in [0, 0.1) is 11.3 Å². The number of rotatable bonds is 2. The molecule has 0 radical (unpaired) electrons. The second-order valence-corrected chi connectivity index (χ2v) is 4.24. The van der Waals surface area contributed by atoms with Gasteiger partial charge < -0.3 is 11.1 Å². The largest absolute Gasteiger partial charge is 0.366 e. The Hall–Kier alpha value is -1.60. The molecule has 0 aliphatic heterocycles. The zero-order valence-electron chi connectivity index (χ0n) is 9.19. The summed E-state index contributed by atoms with van der Waals surface area (Å²) in [5, 5.41) is 12.0. The topological polar surface area (TPSA) is 74.7 Å². The van der Waals surface area contributed by atoms with Gasteiger partial charge in [-0.15, -0.1) is 0 Å². The van der Waals surface area contributed by atoms with Crippen LogP contribution in [0.5, 0.6) is 0 Å². The fourth-order valence-electron chi connectivity index (χ4n) is 2.07. The summed E-state index contributed by atoms with van der Waals surface area (Å²) in [7, 11) is 0. The van der Waals surface area contributed by atoms with Gasteiger partial charge in [0.1, 0.15) is 11.9 Å². The van der Waals surface area contributed by atoms with E-state index in [-0.39, 0.29) is 6.04 Å². The van der Waals surface area contributed by atoms with Crippen LogP contribution in [-0.2, 0) is 0 Å². The highest BCUT2D eigenvalue weighted by Gasteiger charge is 2.21. The summed E-state index contributed by atoms with van der Waals surface area (Å²) < 4.78 is 0. The Balaban J connectivity index is 2.00. The first kappa shape index (κ1) is 10.9. The number of pyridine rings is 1. The van der Waals surface area contributed by atoms with E-state index in [4.69, 9.17) is 11.0 Å². The first-order chi connectivity index (χ1) is 7.79. The van der Waals surface area contributed by atoms with Crippen LogP contribution in [0.1, 0.15) is 31.2 Å². The van der Waals surface area contributed by atoms with Crippen LogP contribution in [0.4, 0.5) is 5.82 Å². The van der Waals surface area contributed by atoms with Crippen molar-refractivity contribution in [2.45, 2.75) is 37.8 Å². The lowest BCUT2D eigenvalue weighted by molar-refractivity contribution is 0.403. The first-order valence-electron chi connectivity index (χ1n) is 5.68. The van der Waals surface area contributed by atoms with E-state index in [2.05, 4.69) is 16.4 Å². The molecular formula is C12H16N4. The summed E-state index contributed by atoms with van der Waals surface area (Å²) in [6, 6.07) is 6.18. The van der Waals surface area contributed by atoms with Gasteiger partial charge in [0.05, 0.1) is 5.56 Å². The van der Waals surface area contributed by atoms with Crippen molar-refractivity contribution in [2.75, 3.05) is 5.32 Å². The Kier molecular flexibility index (Phi) is 3.37. The zero-order chi connectivity index (χ0) is 11.4. The van der Waals surface area contributed by atoms with E-state index in [0.717, 1.165) is 18.7 Å². The van der Waals surface area contributed by atoms with E-state index in [1.54, 1.807) is 12.3 Å². The summed E-state index contributed by atoms with van der Waals surface area (Å²) in [5.74, 6) is 0.807. The highest BCUT2D eigenvalue weighted by Crippen LogP contribution is 2.20. The standard InChI is InChI=1S/C12H16N4/c13-7-9-5-6-12(15-8-9)16-11-4-2-1-3-10(11)14/h5-6,8,10-11H,1-4,14H2,(H,15,16)/t10-,11-/m1/s1. The maximum Gasteiger partial charge on any atom is 0.126 e. The molecule has 0 bridgehead atoms. The molecule has 0 amide bonds. The van der Waals surface area contributed by atoms with Crippen LogP contribution >= 0.6 is 0 Å². The van der Waals surface area contributed by atoms with E-state index in [9.17, 15) is 0 Å². The van der Waals surface area contributed by atoms with Gasteiger partial charge in [0, 0.05) is 18.3 Å². The number of nitrogens with zero attached hydrogens (tertiary/aromatic N) is 2. The molecule has 1 aromatic heterocycles. The van der Waals surface area contributed by atoms with Crippen molar-refractivity contribution >= 4 is 5.82 Å². The van der Waals surface area contributed by atoms with Crippen LogP contribution in [0.3, 0.4) is 0 Å². The molecule has 1 heterocycles. The van der Waals surface area contributed by atoms with Crippen molar-refractivity contribution in [3.8, 4) is 6.07 Å². The second-order valence-electron chi connectivity index (χ2n) is 4.24. The lowest BCUT2D eigenvalue weighted by Gasteiger charge is -2.29. The molecule has 1 fully saturated rings. The Labute approximate surface area is 95.5 Å². The summed E-state index contributed by atoms with van der Waals surface area (Å²) in [5.41, 5.74) is 6.62. The number of nitrogens with one attached hydrogen (secondary N) is 1. The Bertz CT molecular complexity index is 379. The van der Waals surface area contributed by atoms with Crippen molar-refractivity contribution in [3.63, 3.8) is 0 Å². The van der Waals surface area contributed by atoms with Gasteiger partial charge in [-0.25, -0.2) is 4.98 Å². The minimum absolute atomic E-state index is 0.214. The third kappa shape index (κ3) is 2.50. The average molecular weight is 216 g/mol. The van der Waals surface area contributed by atoms with Gasteiger partial charge in [-0.2, -0.15) is 5.26 Å². The molecule has 0 spiro atoms. The van der Waals surface area contributed by atoms with Crippen LogP contribution in [0.25, 0.3) is 0 Å². The van der Waals surface area contributed by atoms with Gasteiger partial charge in [-0.3, -0.25) is 0 Å². The van der Waals surface area contributed by atoms with Crippen LogP contribution in [0.2, 0.25) is 0 Å².